The Kier molecular flexibility index (Phi) is 5.13. The summed E-state index contributed by atoms with van der Waals surface area (Å²) >= 11 is 5.59. The van der Waals surface area contributed by atoms with Crippen molar-refractivity contribution in [3.8, 4) is 0 Å². The van der Waals surface area contributed by atoms with Crippen molar-refractivity contribution in [2.75, 3.05) is 13.1 Å². The summed E-state index contributed by atoms with van der Waals surface area (Å²) in [4.78, 5) is 2.38. The lowest BCUT2D eigenvalue weighted by molar-refractivity contribution is 0.261. The second-order valence-electron chi connectivity index (χ2n) is 6.55. The van der Waals surface area contributed by atoms with Gasteiger partial charge in [-0.25, -0.2) is 0 Å². The molecule has 1 N–H and O–H groups in total. The zero-order valence-corrected chi connectivity index (χ0v) is 13.6. The fraction of sp³-hybridized carbons (Fsp3) is 0.611. The molecule has 1 saturated heterocycles. The van der Waals surface area contributed by atoms with Gasteiger partial charge < -0.3 is 10.2 Å². The molecule has 1 aromatic rings. The summed E-state index contributed by atoms with van der Waals surface area (Å²) in [5.41, 5.74) is 1.47. The molecule has 0 amide bonds. The Labute approximate surface area is 133 Å². The second kappa shape index (κ2) is 7.26. The number of likely N-dealkylation sites (tertiary alicyclic amines) is 1. The number of rotatable bonds is 3. The van der Waals surface area contributed by atoms with E-state index in [9.17, 15) is 0 Å². The average Bonchev–Trinajstić information content (AvgIpc) is 3.02. The van der Waals surface area contributed by atoms with Gasteiger partial charge in [0.15, 0.2) is 5.11 Å². The first-order valence-corrected chi connectivity index (χ1v) is 8.81. The van der Waals surface area contributed by atoms with Gasteiger partial charge in [0.25, 0.3) is 0 Å². The zero-order chi connectivity index (χ0) is 14.5. The molecule has 1 aromatic carbocycles. The van der Waals surface area contributed by atoms with Gasteiger partial charge in [0.1, 0.15) is 0 Å². The van der Waals surface area contributed by atoms with Gasteiger partial charge in [0.2, 0.25) is 0 Å². The van der Waals surface area contributed by atoms with E-state index in [0.717, 1.165) is 24.1 Å². The van der Waals surface area contributed by atoms with E-state index in [1.807, 2.05) is 0 Å². The van der Waals surface area contributed by atoms with Crippen LogP contribution in [0.25, 0.3) is 0 Å². The summed E-state index contributed by atoms with van der Waals surface area (Å²) in [5.74, 6) is 0.818. The standard InChI is InChI=1S/C18H26N2S/c21-18(19-17-8-4-5-9-17)20-12-10-16(11-13-20)14-15-6-2-1-3-7-15/h1-3,6-7,16-17H,4-5,8-14H2,(H,19,21). The van der Waals surface area contributed by atoms with E-state index in [0.29, 0.717) is 6.04 Å². The molecule has 21 heavy (non-hydrogen) atoms. The van der Waals surface area contributed by atoms with Gasteiger partial charge in [0, 0.05) is 19.1 Å². The van der Waals surface area contributed by atoms with Crippen LogP contribution in [-0.4, -0.2) is 29.1 Å². The molecule has 3 rings (SSSR count). The van der Waals surface area contributed by atoms with Gasteiger partial charge in [-0.15, -0.1) is 0 Å². The van der Waals surface area contributed by atoms with Crippen molar-refractivity contribution in [3.05, 3.63) is 35.9 Å². The third-order valence-corrected chi connectivity index (χ3v) is 5.33. The fourth-order valence-corrected chi connectivity index (χ4v) is 3.97. The molecule has 1 aliphatic carbocycles. The van der Waals surface area contributed by atoms with E-state index in [1.54, 1.807) is 0 Å². The first kappa shape index (κ1) is 14.8. The molecule has 2 fully saturated rings. The molecule has 2 nitrogen and oxygen atoms in total. The number of thiocarbonyl (C=S) groups is 1. The Morgan fingerprint density at radius 2 is 1.71 bits per heavy atom. The third-order valence-electron chi connectivity index (χ3n) is 4.95. The predicted molar refractivity (Wildman–Crippen MR) is 92.4 cm³/mol. The summed E-state index contributed by atoms with van der Waals surface area (Å²) in [6, 6.07) is 11.5. The van der Waals surface area contributed by atoms with Crippen molar-refractivity contribution in [2.24, 2.45) is 5.92 Å². The monoisotopic (exact) mass is 302 g/mol. The summed E-state index contributed by atoms with van der Waals surface area (Å²) in [6.45, 7) is 2.24. The van der Waals surface area contributed by atoms with Crippen molar-refractivity contribution < 1.29 is 0 Å². The van der Waals surface area contributed by atoms with Crippen LogP contribution >= 0.6 is 12.2 Å². The van der Waals surface area contributed by atoms with E-state index in [-0.39, 0.29) is 0 Å². The predicted octanol–water partition coefficient (Wildman–Crippen LogP) is 3.76. The van der Waals surface area contributed by atoms with Crippen LogP contribution in [0.1, 0.15) is 44.1 Å². The molecule has 0 atom stereocenters. The maximum Gasteiger partial charge on any atom is 0.169 e. The van der Waals surface area contributed by atoms with E-state index >= 15 is 0 Å². The number of hydrogen-bond acceptors (Lipinski definition) is 1. The van der Waals surface area contributed by atoms with Crippen LogP contribution < -0.4 is 5.32 Å². The zero-order valence-electron chi connectivity index (χ0n) is 12.8. The fourth-order valence-electron chi connectivity index (χ4n) is 3.62. The molecule has 0 unspecified atom stereocenters. The minimum atomic E-state index is 0.638. The molecule has 1 saturated carbocycles. The van der Waals surface area contributed by atoms with Crippen LogP contribution in [0.4, 0.5) is 0 Å². The minimum absolute atomic E-state index is 0.638. The lowest BCUT2D eigenvalue weighted by Crippen LogP contribution is -2.47. The Morgan fingerprint density at radius 3 is 2.38 bits per heavy atom. The van der Waals surface area contributed by atoms with Gasteiger partial charge in [-0.3, -0.25) is 0 Å². The van der Waals surface area contributed by atoms with Crippen molar-refractivity contribution in [3.63, 3.8) is 0 Å². The van der Waals surface area contributed by atoms with E-state index < -0.39 is 0 Å². The lowest BCUT2D eigenvalue weighted by Gasteiger charge is -2.35. The smallest absolute Gasteiger partial charge is 0.169 e. The Balaban J connectivity index is 1.43. The van der Waals surface area contributed by atoms with Crippen molar-refractivity contribution >= 4 is 17.3 Å². The molecule has 0 spiro atoms. The van der Waals surface area contributed by atoms with E-state index in [4.69, 9.17) is 12.2 Å². The van der Waals surface area contributed by atoms with Crippen LogP contribution in [0.15, 0.2) is 30.3 Å². The highest BCUT2D eigenvalue weighted by Gasteiger charge is 2.23. The third kappa shape index (κ3) is 4.19. The highest BCUT2D eigenvalue weighted by atomic mass is 32.1. The molecular weight excluding hydrogens is 276 g/mol. The molecular formula is C18H26N2S. The molecule has 0 aromatic heterocycles. The SMILES string of the molecule is S=C(NC1CCCC1)N1CCC(Cc2ccccc2)CC1. The summed E-state index contributed by atoms with van der Waals surface area (Å²) in [6.07, 6.45) is 9.06. The molecule has 3 heteroatoms. The number of hydrogen-bond donors (Lipinski definition) is 1. The normalized spacial score (nSPS) is 20.7. The van der Waals surface area contributed by atoms with Crippen LogP contribution in [0.5, 0.6) is 0 Å². The van der Waals surface area contributed by atoms with Crippen LogP contribution in [0.2, 0.25) is 0 Å². The topological polar surface area (TPSA) is 15.3 Å². The number of piperidine rings is 1. The quantitative estimate of drug-likeness (QED) is 0.856. The maximum atomic E-state index is 5.59. The summed E-state index contributed by atoms with van der Waals surface area (Å²) in [7, 11) is 0. The molecule has 1 aliphatic heterocycles. The van der Waals surface area contributed by atoms with Gasteiger partial charge in [-0.2, -0.15) is 0 Å². The highest BCUT2D eigenvalue weighted by molar-refractivity contribution is 7.80. The molecule has 114 valence electrons. The number of nitrogens with one attached hydrogen (secondary N) is 1. The molecule has 1 heterocycles. The molecule has 2 aliphatic rings. The van der Waals surface area contributed by atoms with E-state index in [2.05, 4.69) is 40.5 Å². The Hall–Kier alpha value is -1.09. The first-order valence-electron chi connectivity index (χ1n) is 8.40. The van der Waals surface area contributed by atoms with Crippen molar-refractivity contribution in [2.45, 2.75) is 51.0 Å². The van der Waals surface area contributed by atoms with Crippen LogP contribution in [0, 0.1) is 5.92 Å². The largest absolute Gasteiger partial charge is 0.360 e. The second-order valence-corrected chi connectivity index (χ2v) is 6.94. The maximum absolute atomic E-state index is 5.59. The molecule has 0 radical (unpaired) electrons. The Morgan fingerprint density at radius 1 is 1.05 bits per heavy atom. The Bertz CT molecular complexity index is 446. The highest BCUT2D eigenvalue weighted by Crippen LogP contribution is 2.23. The van der Waals surface area contributed by atoms with Crippen molar-refractivity contribution in [1.29, 1.82) is 0 Å². The van der Waals surface area contributed by atoms with Gasteiger partial charge in [-0.05, 0) is 55.8 Å². The lowest BCUT2D eigenvalue weighted by atomic mass is 9.90. The van der Waals surface area contributed by atoms with Gasteiger partial charge in [0.05, 0.1) is 0 Å². The number of nitrogens with zero attached hydrogens (tertiary/aromatic N) is 1. The van der Waals surface area contributed by atoms with Gasteiger partial charge in [-0.1, -0.05) is 43.2 Å². The van der Waals surface area contributed by atoms with Gasteiger partial charge >= 0.3 is 0 Å². The van der Waals surface area contributed by atoms with Crippen LogP contribution in [-0.2, 0) is 6.42 Å². The van der Waals surface area contributed by atoms with Crippen molar-refractivity contribution in [1.82, 2.24) is 10.2 Å². The summed E-state index contributed by atoms with van der Waals surface area (Å²) in [5, 5.41) is 4.57. The summed E-state index contributed by atoms with van der Waals surface area (Å²) < 4.78 is 0. The molecule has 0 bridgehead atoms. The van der Waals surface area contributed by atoms with Crippen LogP contribution in [0.3, 0.4) is 0 Å². The average molecular weight is 302 g/mol. The minimum Gasteiger partial charge on any atom is -0.360 e. The van der Waals surface area contributed by atoms with E-state index in [1.165, 1.54) is 50.5 Å². The number of benzene rings is 1. The first-order chi connectivity index (χ1) is 10.3.